The number of ketones is 1. The molecule has 0 amide bonds. The number of aryl methyl sites for hydroxylation is 2. The molecular formula is C16H23NO. The third kappa shape index (κ3) is 2.80. The van der Waals surface area contributed by atoms with Crippen molar-refractivity contribution in [2.45, 2.75) is 52.9 Å². The molecule has 98 valence electrons. The van der Waals surface area contributed by atoms with E-state index in [-0.39, 0.29) is 5.92 Å². The predicted molar refractivity (Wildman–Crippen MR) is 73.8 cm³/mol. The number of pyridine rings is 1. The van der Waals surface area contributed by atoms with E-state index < -0.39 is 0 Å². The van der Waals surface area contributed by atoms with Crippen LogP contribution in [0.1, 0.15) is 60.8 Å². The molecular weight excluding hydrogens is 222 g/mol. The molecule has 1 aromatic rings. The summed E-state index contributed by atoms with van der Waals surface area (Å²) >= 11 is 0. The molecule has 1 saturated carbocycles. The van der Waals surface area contributed by atoms with Gasteiger partial charge in [0.25, 0.3) is 0 Å². The van der Waals surface area contributed by atoms with Gasteiger partial charge in [-0.2, -0.15) is 0 Å². The zero-order chi connectivity index (χ0) is 13.1. The van der Waals surface area contributed by atoms with Crippen LogP contribution in [-0.4, -0.2) is 10.8 Å². The van der Waals surface area contributed by atoms with Crippen LogP contribution in [0.5, 0.6) is 0 Å². The molecule has 2 atom stereocenters. The van der Waals surface area contributed by atoms with Crippen molar-refractivity contribution in [3.8, 4) is 0 Å². The molecule has 0 N–H and O–H groups in total. The van der Waals surface area contributed by atoms with E-state index >= 15 is 0 Å². The third-order valence-electron chi connectivity index (χ3n) is 4.14. The van der Waals surface area contributed by atoms with Crippen LogP contribution in [0.15, 0.2) is 12.1 Å². The fourth-order valence-electron chi connectivity index (χ4n) is 3.23. The Kier molecular flexibility index (Phi) is 4.15. The van der Waals surface area contributed by atoms with Crippen molar-refractivity contribution in [3.63, 3.8) is 0 Å². The lowest BCUT2D eigenvalue weighted by atomic mass is 9.74. The second-order valence-corrected chi connectivity index (χ2v) is 5.56. The summed E-state index contributed by atoms with van der Waals surface area (Å²) in [6.45, 7) is 6.13. The van der Waals surface area contributed by atoms with Gasteiger partial charge in [0.1, 0.15) is 0 Å². The highest BCUT2D eigenvalue weighted by Crippen LogP contribution is 2.34. The van der Waals surface area contributed by atoms with E-state index in [0.29, 0.717) is 11.7 Å². The Labute approximate surface area is 110 Å². The van der Waals surface area contributed by atoms with E-state index in [1.165, 1.54) is 19.3 Å². The number of rotatable bonds is 3. The first kappa shape index (κ1) is 13.3. The average molecular weight is 245 g/mol. The van der Waals surface area contributed by atoms with E-state index in [0.717, 1.165) is 29.8 Å². The third-order valence-corrected chi connectivity index (χ3v) is 4.14. The lowest BCUT2D eigenvalue weighted by Gasteiger charge is -2.29. The van der Waals surface area contributed by atoms with Crippen molar-refractivity contribution in [2.24, 2.45) is 11.8 Å². The van der Waals surface area contributed by atoms with Gasteiger partial charge in [-0.3, -0.25) is 9.78 Å². The number of carbonyl (C=O) groups is 1. The molecule has 2 rings (SSSR count). The number of carbonyl (C=O) groups excluding carboxylic acids is 1. The normalized spacial score (nSPS) is 23.9. The summed E-state index contributed by atoms with van der Waals surface area (Å²) in [5.74, 6) is 1.17. The molecule has 0 spiro atoms. The minimum Gasteiger partial charge on any atom is -0.294 e. The number of aromatic nitrogens is 1. The molecule has 18 heavy (non-hydrogen) atoms. The molecule has 0 radical (unpaired) electrons. The molecule has 0 bridgehead atoms. The first-order valence-electron chi connectivity index (χ1n) is 7.11. The van der Waals surface area contributed by atoms with E-state index in [9.17, 15) is 4.79 Å². The van der Waals surface area contributed by atoms with Crippen molar-refractivity contribution in [2.75, 3.05) is 0 Å². The zero-order valence-corrected chi connectivity index (χ0v) is 11.7. The number of nitrogens with zero attached hydrogens (tertiary/aromatic N) is 1. The van der Waals surface area contributed by atoms with Crippen LogP contribution >= 0.6 is 0 Å². The van der Waals surface area contributed by atoms with Gasteiger partial charge in [0, 0.05) is 22.9 Å². The van der Waals surface area contributed by atoms with Gasteiger partial charge in [0.2, 0.25) is 0 Å². The summed E-state index contributed by atoms with van der Waals surface area (Å²) in [7, 11) is 0. The highest BCUT2D eigenvalue weighted by molar-refractivity contribution is 5.98. The second-order valence-electron chi connectivity index (χ2n) is 5.56. The van der Waals surface area contributed by atoms with Crippen LogP contribution in [0.3, 0.4) is 0 Å². The summed E-state index contributed by atoms with van der Waals surface area (Å²) in [6, 6.07) is 3.88. The Morgan fingerprint density at radius 1 is 1.22 bits per heavy atom. The number of Topliss-reactive ketones (excluding diaryl/α,β-unsaturated/α-hetero) is 1. The Balaban J connectivity index is 2.23. The van der Waals surface area contributed by atoms with Crippen LogP contribution < -0.4 is 0 Å². The van der Waals surface area contributed by atoms with Crippen LogP contribution in [0.4, 0.5) is 0 Å². The maximum Gasteiger partial charge on any atom is 0.166 e. The maximum atomic E-state index is 12.6. The first-order valence-corrected chi connectivity index (χ1v) is 7.11. The molecule has 2 unspecified atom stereocenters. The molecule has 1 fully saturated rings. The highest BCUT2D eigenvalue weighted by atomic mass is 16.1. The standard InChI is InChI=1S/C16H23NO/c1-4-13-7-5-6-8-15(13)16(18)14-9-11(2)17-12(3)10-14/h9-10,13,15H,4-8H2,1-3H3. The Bertz CT molecular complexity index is 418. The molecule has 1 aromatic heterocycles. The molecule has 2 nitrogen and oxygen atoms in total. The smallest absolute Gasteiger partial charge is 0.166 e. The molecule has 1 heterocycles. The topological polar surface area (TPSA) is 30.0 Å². The monoisotopic (exact) mass is 245 g/mol. The van der Waals surface area contributed by atoms with Crippen LogP contribution in [0.25, 0.3) is 0 Å². The minimum absolute atomic E-state index is 0.241. The number of hydrogen-bond donors (Lipinski definition) is 0. The van der Waals surface area contributed by atoms with Gasteiger partial charge in [-0.05, 0) is 44.7 Å². The molecule has 0 aromatic carbocycles. The van der Waals surface area contributed by atoms with Gasteiger partial charge in [0.05, 0.1) is 0 Å². The van der Waals surface area contributed by atoms with E-state index in [4.69, 9.17) is 0 Å². The molecule has 0 aliphatic heterocycles. The van der Waals surface area contributed by atoms with Crippen LogP contribution in [-0.2, 0) is 0 Å². The quantitative estimate of drug-likeness (QED) is 0.750. The van der Waals surface area contributed by atoms with Crippen molar-refractivity contribution in [1.82, 2.24) is 4.98 Å². The van der Waals surface area contributed by atoms with Gasteiger partial charge < -0.3 is 0 Å². The van der Waals surface area contributed by atoms with Crippen molar-refractivity contribution in [3.05, 3.63) is 29.1 Å². The van der Waals surface area contributed by atoms with Gasteiger partial charge in [0.15, 0.2) is 5.78 Å². The van der Waals surface area contributed by atoms with E-state index in [1.807, 2.05) is 26.0 Å². The highest BCUT2D eigenvalue weighted by Gasteiger charge is 2.30. The molecule has 2 heteroatoms. The zero-order valence-electron chi connectivity index (χ0n) is 11.7. The lowest BCUT2D eigenvalue weighted by molar-refractivity contribution is 0.0820. The maximum absolute atomic E-state index is 12.6. The fraction of sp³-hybridized carbons (Fsp3) is 0.625. The Morgan fingerprint density at radius 2 is 1.83 bits per heavy atom. The SMILES string of the molecule is CCC1CCCCC1C(=O)c1cc(C)nc(C)c1. The lowest BCUT2D eigenvalue weighted by Crippen LogP contribution is -2.27. The first-order chi connectivity index (χ1) is 8.61. The Hall–Kier alpha value is -1.18. The minimum atomic E-state index is 0.241. The summed E-state index contributed by atoms with van der Waals surface area (Å²) in [6.07, 6.45) is 5.90. The summed E-state index contributed by atoms with van der Waals surface area (Å²) in [5.41, 5.74) is 2.76. The van der Waals surface area contributed by atoms with Crippen LogP contribution in [0.2, 0.25) is 0 Å². The second kappa shape index (κ2) is 5.64. The number of hydrogen-bond acceptors (Lipinski definition) is 2. The summed E-state index contributed by atoms with van der Waals surface area (Å²) < 4.78 is 0. The van der Waals surface area contributed by atoms with Crippen LogP contribution in [0, 0.1) is 25.7 Å². The van der Waals surface area contributed by atoms with E-state index in [2.05, 4.69) is 11.9 Å². The fourth-order valence-corrected chi connectivity index (χ4v) is 3.23. The summed E-state index contributed by atoms with van der Waals surface area (Å²) in [5, 5.41) is 0. The molecule has 1 aliphatic carbocycles. The van der Waals surface area contributed by atoms with Gasteiger partial charge in [-0.1, -0.05) is 26.2 Å². The van der Waals surface area contributed by atoms with Crippen molar-refractivity contribution >= 4 is 5.78 Å². The van der Waals surface area contributed by atoms with E-state index in [1.54, 1.807) is 0 Å². The van der Waals surface area contributed by atoms with Gasteiger partial charge in [-0.25, -0.2) is 0 Å². The predicted octanol–water partition coefficient (Wildman–Crippen LogP) is 4.10. The molecule has 1 aliphatic rings. The largest absolute Gasteiger partial charge is 0.294 e. The average Bonchev–Trinajstić information content (AvgIpc) is 2.36. The van der Waals surface area contributed by atoms with Crippen molar-refractivity contribution < 1.29 is 4.79 Å². The van der Waals surface area contributed by atoms with Crippen molar-refractivity contribution in [1.29, 1.82) is 0 Å². The summed E-state index contributed by atoms with van der Waals surface area (Å²) in [4.78, 5) is 17.0. The Morgan fingerprint density at radius 3 is 2.44 bits per heavy atom. The van der Waals surface area contributed by atoms with Gasteiger partial charge in [-0.15, -0.1) is 0 Å². The van der Waals surface area contributed by atoms with Gasteiger partial charge >= 0.3 is 0 Å². The molecule has 0 saturated heterocycles.